The number of carbonyl (C=O) groups excluding carboxylic acids is 1. The second-order valence-electron chi connectivity index (χ2n) is 7.27. The van der Waals surface area contributed by atoms with E-state index in [9.17, 15) is 13.2 Å². The molecule has 0 aromatic heterocycles. The summed E-state index contributed by atoms with van der Waals surface area (Å²) in [7, 11) is -2.95. The molecule has 3 rings (SSSR count). The van der Waals surface area contributed by atoms with E-state index in [2.05, 4.69) is 34.5 Å². The molecule has 2 aliphatic rings. The van der Waals surface area contributed by atoms with E-state index in [1.807, 2.05) is 6.07 Å². The molecule has 2 fully saturated rings. The number of sulfone groups is 1. The van der Waals surface area contributed by atoms with Gasteiger partial charge in [0.2, 0.25) is 0 Å². The van der Waals surface area contributed by atoms with E-state index in [4.69, 9.17) is 0 Å². The standard InChI is InChI=1S/C19H29N3O3S/c23-19(21-12-14-26(24,25)15-13-21)20-10-9-18-8-4-5-11-22(18)16-17-6-2-1-3-7-17/h1-3,6-7,18H,4-5,8-16H2,(H,20,23). The van der Waals surface area contributed by atoms with Crippen LogP contribution < -0.4 is 5.32 Å². The first kappa shape index (κ1) is 19.2. The van der Waals surface area contributed by atoms with Crippen molar-refractivity contribution >= 4 is 15.9 Å². The number of amides is 2. The van der Waals surface area contributed by atoms with Crippen molar-refractivity contribution in [2.24, 2.45) is 0 Å². The summed E-state index contributed by atoms with van der Waals surface area (Å²) in [6, 6.07) is 10.9. The van der Waals surface area contributed by atoms with Gasteiger partial charge in [0.1, 0.15) is 0 Å². The van der Waals surface area contributed by atoms with Crippen LogP contribution in [0, 0.1) is 0 Å². The predicted octanol–water partition coefficient (Wildman–Crippen LogP) is 1.87. The van der Waals surface area contributed by atoms with Gasteiger partial charge in [0.25, 0.3) is 0 Å². The Bertz CT molecular complexity index is 679. The average molecular weight is 380 g/mol. The molecule has 2 amide bonds. The van der Waals surface area contributed by atoms with Gasteiger partial charge in [0, 0.05) is 32.2 Å². The van der Waals surface area contributed by atoms with Gasteiger partial charge >= 0.3 is 6.03 Å². The highest BCUT2D eigenvalue weighted by atomic mass is 32.2. The Morgan fingerprint density at radius 3 is 2.54 bits per heavy atom. The quantitative estimate of drug-likeness (QED) is 0.848. The Morgan fingerprint density at radius 2 is 1.81 bits per heavy atom. The smallest absolute Gasteiger partial charge is 0.317 e. The van der Waals surface area contributed by atoms with Gasteiger partial charge in [-0.05, 0) is 31.4 Å². The van der Waals surface area contributed by atoms with Crippen LogP contribution in [-0.2, 0) is 16.4 Å². The second-order valence-corrected chi connectivity index (χ2v) is 9.57. The maximum Gasteiger partial charge on any atom is 0.317 e. The summed E-state index contributed by atoms with van der Waals surface area (Å²) >= 11 is 0. The highest BCUT2D eigenvalue weighted by molar-refractivity contribution is 7.91. The molecule has 0 saturated carbocycles. The van der Waals surface area contributed by atoms with E-state index < -0.39 is 9.84 Å². The van der Waals surface area contributed by atoms with Crippen LogP contribution in [0.5, 0.6) is 0 Å². The molecule has 1 aromatic carbocycles. The molecule has 1 atom stereocenters. The maximum atomic E-state index is 12.2. The first-order chi connectivity index (χ1) is 12.5. The molecule has 2 saturated heterocycles. The number of urea groups is 1. The van der Waals surface area contributed by atoms with Crippen molar-refractivity contribution in [3.8, 4) is 0 Å². The van der Waals surface area contributed by atoms with E-state index in [0.29, 0.717) is 25.7 Å². The highest BCUT2D eigenvalue weighted by Gasteiger charge is 2.26. The van der Waals surface area contributed by atoms with Gasteiger partial charge in [-0.3, -0.25) is 4.90 Å². The minimum absolute atomic E-state index is 0.0773. The lowest BCUT2D eigenvalue weighted by atomic mass is 9.98. The van der Waals surface area contributed by atoms with Crippen LogP contribution in [0.15, 0.2) is 30.3 Å². The molecule has 0 radical (unpaired) electrons. The molecule has 1 unspecified atom stereocenters. The average Bonchev–Trinajstić information content (AvgIpc) is 2.64. The minimum Gasteiger partial charge on any atom is -0.338 e. The molecular weight excluding hydrogens is 350 g/mol. The molecular formula is C19H29N3O3S. The van der Waals surface area contributed by atoms with Gasteiger partial charge in [-0.1, -0.05) is 36.8 Å². The third-order valence-electron chi connectivity index (χ3n) is 5.36. The van der Waals surface area contributed by atoms with Crippen LogP contribution in [-0.4, -0.2) is 68.0 Å². The molecule has 144 valence electrons. The van der Waals surface area contributed by atoms with Crippen LogP contribution >= 0.6 is 0 Å². The zero-order chi connectivity index (χ0) is 18.4. The van der Waals surface area contributed by atoms with Gasteiger partial charge < -0.3 is 10.2 Å². The molecule has 2 heterocycles. The summed E-state index contributed by atoms with van der Waals surface area (Å²) in [5.74, 6) is 0.155. The van der Waals surface area contributed by atoms with Crippen LogP contribution in [0.4, 0.5) is 4.79 Å². The Kier molecular flexibility index (Phi) is 6.53. The third-order valence-corrected chi connectivity index (χ3v) is 6.97. The summed E-state index contributed by atoms with van der Waals surface area (Å²) in [4.78, 5) is 16.4. The molecule has 7 heteroatoms. The molecule has 1 aromatic rings. The summed E-state index contributed by atoms with van der Waals surface area (Å²) in [5.41, 5.74) is 1.33. The summed E-state index contributed by atoms with van der Waals surface area (Å²) in [5, 5.41) is 2.98. The van der Waals surface area contributed by atoms with Crippen molar-refractivity contribution in [2.75, 3.05) is 37.7 Å². The van der Waals surface area contributed by atoms with E-state index in [0.717, 1.165) is 19.5 Å². The molecule has 6 nitrogen and oxygen atoms in total. The Morgan fingerprint density at radius 1 is 1.08 bits per heavy atom. The van der Waals surface area contributed by atoms with Crippen LogP contribution in [0.25, 0.3) is 0 Å². The molecule has 2 aliphatic heterocycles. The Balaban J connectivity index is 1.44. The second kappa shape index (κ2) is 8.86. The Hall–Kier alpha value is -1.60. The van der Waals surface area contributed by atoms with Gasteiger partial charge in [0.15, 0.2) is 9.84 Å². The number of nitrogens with zero attached hydrogens (tertiary/aromatic N) is 2. The predicted molar refractivity (Wildman–Crippen MR) is 103 cm³/mol. The lowest BCUT2D eigenvalue weighted by Gasteiger charge is -2.36. The van der Waals surface area contributed by atoms with Crippen LogP contribution in [0.1, 0.15) is 31.2 Å². The van der Waals surface area contributed by atoms with Crippen molar-refractivity contribution in [3.63, 3.8) is 0 Å². The molecule has 0 bridgehead atoms. The van der Waals surface area contributed by atoms with Gasteiger partial charge in [0.05, 0.1) is 11.5 Å². The largest absolute Gasteiger partial charge is 0.338 e. The maximum absolute atomic E-state index is 12.2. The number of hydrogen-bond acceptors (Lipinski definition) is 4. The van der Waals surface area contributed by atoms with Crippen molar-refractivity contribution in [1.82, 2.24) is 15.1 Å². The number of nitrogens with one attached hydrogen (secondary N) is 1. The van der Waals surface area contributed by atoms with Crippen LogP contribution in [0.3, 0.4) is 0 Å². The number of hydrogen-bond donors (Lipinski definition) is 1. The SMILES string of the molecule is O=C(NCCC1CCCCN1Cc1ccccc1)N1CCS(=O)(=O)CC1. The minimum atomic E-state index is -2.95. The zero-order valence-corrected chi connectivity index (χ0v) is 16.1. The van der Waals surface area contributed by atoms with Crippen molar-refractivity contribution in [2.45, 2.75) is 38.3 Å². The van der Waals surface area contributed by atoms with Gasteiger partial charge in [-0.2, -0.15) is 0 Å². The fourth-order valence-corrected chi connectivity index (χ4v) is 4.99. The summed E-state index contributed by atoms with van der Waals surface area (Å²) < 4.78 is 22.9. The first-order valence-electron chi connectivity index (χ1n) is 9.55. The van der Waals surface area contributed by atoms with Crippen molar-refractivity contribution in [1.29, 1.82) is 0 Å². The fraction of sp³-hybridized carbons (Fsp3) is 0.632. The summed E-state index contributed by atoms with van der Waals surface area (Å²) in [6.07, 6.45) is 4.58. The fourth-order valence-electron chi connectivity index (χ4n) is 3.79. The van der Waals surface area contributed by atoms with Gasteiger partial charge in [-0.15, -0.1) is 0 Å². The number of piperidine rings is 1. The molecule has 0 aliphatic carbocycles. The van der Waals surface area contributed by atoms with Crippen molar-refractivity contribution in [3.05, 3.63) is 35.9 Å². The van der Waals surface area contributed by atoms with E-state index in [-0.39, 0.29) is 17.5 Å². The normalized spacial score (nSPS) is 23.5. The first-order valence-corrected chi connectivity index (χ1v) is 11.4. The lowest BCUT2D eigenvalue weighted by molar-refractivity contribution is 0.131. The third kappa shape index (κ3) is 5.45. The van der Waals surface area contributed by atoms with E-state index >= 15 is 0 Å². The van der Waals surface area contributed by atoms with E-state index in [1.54, 1.807) is 4.90 Å². The van der Waals surface area contributed by atoms with Crippen molar-refractivity contribution < 1.29 is 13.2 Å². The molecule has 1 N–H and O–H groups in total. The number of benzene rings is 1. The van der Waals surface area contributed by atoms with E-state index in [1.165, 1.54) is 24.8 Å². The highest BCUT2D eigenvalue weighted by Crippen LogP contribution is 2.21. The van der Waals surface area contributed by atoms with Gasteiger partial charge in [-0.25, -0.2) is 13.2 Å². The van der Waals surface area contributed by atoms with Crippen LogP contribution in [0.2, 0.25) is 0 Å². The number of likely N-dealkylation sites (tertiary alicyclic amines) is 1. The Labute approximate surface area is 156 Å². The monoisotopic (exact) mass is 379 g/mol. The zero-order valence-electron chi connectivity index (χ0n) is 15.3. The number of carbonyl (C=O) groups is 1. The molecule has 0 spiro atoms. The lowest BCUT2D eigenvalue weighted by Crippen LogP contribution is -2.49. The summed E-state index contributed by atoms with van der Waals surface area (Å²) in [6.45, 7) is 3.31. The number of rotatable bonds is 5. The molecule has 26 heavy (non-hydrogen) atoms. The topological polar surface area (TPSA) is 69.7 Å².